The Morgan fingerprint density at radius 3 is 2.54 bits per heavy atom. The Labute approximate surface area is 167 Å². The van der Waals surface area contributed by atoms with Gasteiger partial charge in [0, 0.05) is 6.04 Å². The van der Waals surface area contributed by atoms with Gasteiger partial charge in [-0.3, -0.25) is 9.59 Å². The van der Waals surface area contributed by atoms with Gasteiger partial charge < -0.3 is 10.1 Å². The van der Waals surface area contributed by atoms with Gasteiger partial charge in [-0.2, -0.15) is 4.72 Å². The molecule has 1 fully saturated rings. The summed E-state index contributed by atoms with van der Waals surface area (Å²) in [5, 5.41) is 2.91. The summed E-state index contributed by atoms with van der Waals surface area (Å²) in [5.74, 6) is -0.247. The van der Waals surface area contributed by atoms with Crippen LogP contribution in [0, 0.1) is 25.7 Å². The summed E-state index contributed by atoms with van der Waals surface area (Å²) in [5.41, 5.74) is 1.82. The first-order valence-electron chi connectivity index (χ1n) is 9.62. The first-order chi connectivity index (χ1) is 13.1. The first kappa shape index (κ1) is 22.4. The van der Waals surface area contributed by atoms with Gasteiger partial charge in [-0.15, -0.1) is 0 Å². The van der Waals surface area contributed by atoms with E-state index in [-0.39, 0.29) is 16.8 Å². The van der Waals surface area contributed by atoms with E-state index in [0.717, 1.165) is 30.4 Å². The second-order valence-electron chi connectivity index (χ2n) is 7.67. The lowest BCUT2D eigenvalue weighted by molar-refractivity contribution is -0.147. The quantitative estimate of drug-likeness (QED) is 0.670. The zero-order valence-electron chi connectivity index (χ0n) is 16.9. The second-order valence-corrected chi connectivity index (χ2v) is 9.44. The van der Waals surface area contributed by atoms with Crippen molar-refractivity contribution in [2.24, 2.45) is 11.8 Å². The third-order valence-corrected chi connectivity index (χ3v) is 7.01. The van der Waals surface area contributed by atoms with Crippen LogP contribution in [-0.4, -0.2) is 39.5 Å². The molecule has 1 aromatic carbocycles. The first-order valence-corrected chi connectivity index (χ1v) is 11.1. The van der Waals surface area contributed by atoms with E-state index in [9.17, 15) is 18.0 Å². The van der Waals surface area contributed by atoms with Gasteiger partial charge in [-0.05, 0) is 55.4 Å². The third-order valence-electron chi connectivity index (χ3n) is 5.61. The molecule has 7 nitrogen and oxygen atoms in total. The Balaban J connectivity index is 1.79. The molecule has 1 aromatic rings. The minimum Gasteiger partial charge on any atom is -0.455 e. The lowest BCUT2D eigenvalue weighted by atomic mass is 9.78. The maximum Gasteiger partial charge on any atom is 0.321 e. The summed E-state index contributed by atoms with van der Waals surface area (Å²) in [6, 6.07) is 4.82. The van der Waals surface area contributed by atoms with Crippen molar-refractivity contribution in [1.29, 1.82) is 0 Å². The number of carbonyl (C=O) groups excluding carboxylic acids is 2. The van der Waals surface area contributed by atoms with E-state index >= 15 is 0 Å². The lowest BCUT2D eigenvalue weighted by Gasteiger charge is -2.34. The Bertz CT molecular complexity index is 822. The smallest absolute Gasteiger partial charge is 0.321 e. The molecule has 28 heavy (non-hydrogen) atoms. The third kappa shape index (κ3) is 6.04. The molecule has 0 radical (unpaired) electrons. The summed E-state index contributed by atoms with van der Waals surface area (Å²) < 4.78 is 31.6. The molecular formula is C20H30N2O5S. The average molecular weight is 411 g/mol. The molecule has 0 spiro atoms. The molecule has 8 heteroatoms. The van der Waals surface area contributed by atoms with Crippen molar-refractivity contribution >= 4 is 21.9 Å². The van der Waals surface area contributed by atoms with E-state index in [1.54, 1.807) is 12.1 Å². The molecular weight excluding hydrogens is 380 g/mol. The molecule has 1 saturated carbocycles. The number of carbonyl (C=O) groups is 2. The number of benzene rings is 1. The van der Waals surface area contributed by atoms with Crippen LogP contribution in [-0.2, 0) is 24.3 Å². The fourth-order valence-electron chi connectivity index (χ4n) is 3.35. The van der Waals surface area contributed by atoms with Crippen LogP contribution in [0.3, 0.4) is 0 Å². The van der Waals surface area contributed by atoms with E-state index < -0.39 is 29.1 Å². The van der Waals surface area contributed by atoms with E-state index in [1.165, 1.54) is 6.07 Å². The largest absolute Gasteiger partial charge is 0.455 e. The maximum absolute atomic E-state index is 12.3. The number of hydrogen-bond donors (Lipinski definition) is 2. The summed E-state index contributed by atoms with van der Waals surface area (Å²) in [7, 11) is -3.82. The van der Waals surface area contributed by atoms with Crippen molar-refractivity contribution in [3.8, 4) is 0 Å². The molecule has 0 aromatic heterocycles. The van der Waals surface area contributed by atoms with Crippen LogP contribution in [0.15, 0.2) is 23.1 Å². The van der Waals surface area contributed by atoms with Gasteiger partial charge in [-0.1, -0.05) is 32.8 Å². The Hall–Kier alpha value is -1.93. The van der Waals surface area contributed by atoms with Crippen molar-refractivity contribution in [2.75, 3.05) is 13.2 Å². The van der Waals surface area contributed by atoms with Gasteiger partial charge in [0.2, 0.25) is 10.0 Å². The molecule has 2 N–H and O–H groups in total. The zero-order chi connectivity index (χ0) is 20.9. The monoisotopic (exact) mass is 410 g/mol. The molecule has 1 aliphatic carbocycles. The minimum atomic E-state index is -3.82. The summed E-state index contributed by atoms with van der Waals surface area (Å²) in [6.07, 6.45) is 3.14. The Kier molecular flexibility index (Phi) is 7.60. The van der Waals surface area contributed by atoms with Crippen LogP contribution in [0.1, 0.15) is 44.2 Å². The van der Waals surface area contributed by atoms with Crippen molar-refractivity contribution in [3.63, 3.8) is 0 Å². The van der Waals surface area contributed by atoms with Gasteiger partial charge in [0.15, 0.2) is 6.61 Å². The maximum atomic E-state index is 12.3. The molecule has 156 valence electrons. The Morgan fingerprint density at radius 1 is 1.14 bits per heavy atom. The highest BCUT2D eigenvalue weighted by Crippen LogP contribution is 2.29. The van der Waals surface area contributed by atoms with E-state index in [2.05, 4.69) is 23.9 Å². The number of rotatable bonds is 7. The predicted molar refractivity (Wildman–Crippen MR) is 106 cm³/mol. The highest BCUT2D eigenvalue weighted by atomic mass is 32.2. The normalized spacial score (nSPS) is 22.5. The molecule has 0 saturated heterocycles. The molecule has 3 atom stereocenters. The number of aryl methyl sites for hydroxylation is 2. The molecule has 0 aliphatic heterocycles. The van der Waals surface area contributed by atoms with Gasteiger partial charge in [0.1, 0.15) is 6.54 Å². The topological polar surface area (TPSA) is 102 Å². The molecule has 1 amide bonds. The molecule has 0 unspecified atom stereocenters. The van der Waals surface area contributed by atoms with Crippen LogP contribution in [0.25, 0.3) is 0 Å². The number of sulfonamides is 1. The molecule has 0 bridgehead atoms. The number of amides is 1. The molecule has 0 heterocycles. The van der Waals surface area contributed by atoms with Gasteiger partial charge in [0.25, 0.3) is 5.91 Å². The van der Waals surface area contributed by atoms with Crippen LogP contribution < -0.4 is 10.0 Å². The van der Waals surface area contributed by atoms with Crippen LogP contribution in [0.2, 0.25) is 0 Å². The van der Waals surface area contributed by atoms with Crippen molar-refractivity contribution in [3.05, 3.63) is 29.3 Å². The summed E-state index contributed by atoms with van der Waals surface area (Å²) in [4.78, 5) is 23.9. The summed E-state index contributed by atoms with van der Waals surface area (Å²) >= 11 is 0. The fourth-order valence-corrected chi connectivity index (χ4v) is 4.40. The lowest BCUT2D eigenvalue weighted by Crippen LogP contribution is -2.45. The predicted octanol–water partition coefficient (Wildman–Crippen LogP) is 2.07. The zero-order valence-corrected chi connectivity index (χ0v) is 17.8. The highest BCUT2D eigenvalue weighted by molar-refractivity contribution is 7.89. The van der Waals surface area contributed by atoms with Crippen molar-refractivity contribution in [2.45, 2.75) is 57.9 Å². The standard InChI is InChI=1S/C20H30N2O5S/c1-13-8-9-17(10-15(13)3)28(25,26)21-11-20(24)27-12-19(23)22-18-7-5-6-14(2)16(18)4/h8-10,14,16,18,21H,5-7,11-12H2,1-4H3,(H,22,23)/t14-,16+,18-/m1/s1. The SMILES string of the molecule is Cc1ccc(S(=O)(=O)NCC(=O)OCC(=O)N[C@@H]2CCC[C@@H](C)[C@@H]2C)cc1C. The van der Waals surface area contributed by atoms with Crippen molar-refractivity contribution < 1.29 is 22.7 Å². The Morgan fingerprint density at radius 2 is 1.86 bits per heavy atom. The van der Waals surface area contributed by atoms with E-state index in [1.807, 2.05) is 13.8 Å². The van der Waals surface area contributed by atoms with Crippen molar-refractivity contribution in [1.82, 2.24) is 10.0 Å². The van der Waals surface area contributed by atoms with Crippen LogP contribution in [0.4, 0.5) is 0 Å². The molecule has 1 aliphatic rings. The highest BCUT2D eigenvalue weighted by Gasteiger charge is 2.28. The summed E-state index contributed by atoms with van der Waals surface area (Å²) in [6.45, 7) is 7.04. The fraction of sp³-hybridized carbons (Fsp3) is 0.600. The average Bonchev–Trinajstić information content (AvgIpc) is 2.64. The number of nitrogens with one attached hydrogen (secondary N) is 2. The number of esters is 1. The van der Waals surface area contributed by atoms with Crippen LogP contribution >= 0.6 is 0 Å². The number of hydrogen-bond acceptors (Lipinski definition) is 5. The second kappa shape index (κ2) is 9.52. The van der Waals surface area contributed by atoms with E-state index in [0.29, 0.717) is 11.8 Å². The minimum absolute atomic E-state index is 0.0817. The number of ether oxygens (including phenoxy) is 1. The van der Waals surface area contributed by atoms with Gasteiger partial charge in [-0.25, -0.2) is 8.42 Å². The van der Waals surface area contributed by atoms with E-state index in [4.69, 9.17) is 4.74 Å². The van der Waals surface area contributed by atoms with Crippen LogP contribution in [0.5, 0.6) is 0 Å². The van der Waals surface area contributed by atoms with Gasteiger partial charge >= 0.3 is 5.97 Å². The van der Waals surface area contributed by atoms with Gasteiger partial charge in [0.05, 0.1) is 4.90 Å². The molecule has 2 rings (SSSR count).